The Hall–Kier alpha value is -2.56. The predicted octanol–water partition coefficient (Wildman–Crippen LogP) is 4.71. The number of benzene rings is 1. The van der Waals surface area contributed by atoms with E-state index in [1.54, 1.807) is 13.4 Å². The van der Waals surface area contributed by atoms with Crippen molar-refractivity contribution in [3.05, 3.63) is 42.4 Å². The van der Waals surface area contributed by atoms with Crippen molar-refractivity contribution >= 4 is 16.7 Å². The molecule has 0 aliphatic heterocycles. The Morgan fingerprint density at radius 2 is 2.04 bits per heavy atom. The average Bonchev–Trinajstić information content (AvgIpc) is 2.61. The topological polar surface area (TPSA) is 56.3 Å². The smallest absolute Gasteiger partial charge is 0.162 e. The molecule has 2 aromatic rings. The first-order chi connectivity index (χ1) is 11.7. The summed E-state index contributed by atoms with van der Waals surface area (Å²) >= 11 is 0. The lowest BCUT2D eigenvalue weighted by Gasteiger charge is -2.14. The second-order valence-electron chi connectivity index (χ2n) is 5.31. The number of nitrogens with one attached hydrogen (secondary N) is 1. The molecule has 1 aromatic heterocycles. The summed E-state index contributed by atoms with van der Waals surface area (Å²) in [7, 11) is 1.64. The minimum atomic E-state index is 0.660. The SMILES string of the molecule is C/C=C\C(=C/C)Nc1ncnc2cc(OC)c(OCCCC)cc12. The first kappa shape index (κ1) is 17.8. The van der Waals surface area contributed by atoms with Crippen LogP contribution in [0.15, 0.2) is 42.4 Å². The van der Waals surface area contributed by atoms with E-state index in [1.807, 2.05) is 44.2 Å². The summed E-state index contributed by atoms with van der Waals surface area (Å²) in [6.45, 7) is 6.76. The van der Waals surface area contributed by atoms with E-state index in [0.29, 0.717) is 18.1 Å². The lowest BCUT2D eigenvalue weighted by Crippen LogP contribution is -2.02. The average molecular weight is 327 g/mol. The Morgan fingerprint density at radius 3 is 2.71 bits per heavy atom. The van der Waals surface area contributed by atoms with Crippen molar-refractivity contribution in [1.82, 2.24) is 9.97 Å². The maximum absolute atomic E-state index is 5.87. The lowest BCUT2D eigenvalue weighted by molar-refractivity contribution is 0.289. The zero-order valence-electron chi connectivity index (χ0n) is 14.8. The molecule has 1 N–H and O–H groups in total. The molecule has 1 aromatic carbocycles. The van der Waals surface area contributed by atoms with Crippen LogP contribution in [0.5, 0.6) is 11.5 Å². The second kappa shape index (κ2) is 8.91. The summed E-state index contributed by atoms with van der Waals surface area (Å²) in [5.41, 5.74) is 1.78. The van der Waals surface area contributed by atoms with Gasteiger partial charge in [-0.05, 0) is 32.4 Å². The van der Waals surface area contributed by atoms with Crippen molar-refractivity contribution in [2.45, 2.75) is 33.6 Å². The molecule has 5 heteroatoms. The Labute approximate surface area is 143 Å². The van der Waals surface area contributed by atoms with Crippen molar-refractivity contribution in [2.24, 2.45) is 0 Å². The molecule has 0 spiro atoms. The number of rotatable bonds is 8. The van der Waals surface area contributed by atoms with Crippen LogP contribution in [0.3, 0.4) is 0 Å². The summed E-state index contributed by atoms with van der Waals surface area (Å²) in [4.78, 5) is 8.72. The van der Waals surface area contributed by atoms with E-state index < -0.39 is 0 Å². The fourth-order valence-corrected chi connectivity index (χ4v) is 2.29. The van der Waals surface area contributed by atoms with Crippen LogP contribution in [0.1, 0.15) is 33.6 Å². The first-order valence-corrected chi connectivity index (χ1v) is 8.25. The molecular weight excluding hydrogens is 302 g/mol. The summed E-state index contributed by atoms with van der Waals surface area (Å²) in [6, 6.07) is 3.82. The van der Waals surface area contributed by atoms with Gasteiger partial charge in [-0.1, -0.05) is 25.5 Å². The van der Waals surface area contributed by atoms with Gasteiger partial charge in [0.15, 0.2) is 11.5 Å². The fraction of sp³-hybridized carbons (Fsp3) is 0.368. The Bertz CT molecular complexity index is 739. The predicted molar refractivity (Wildman–Crippen MR) is 98.7 cm³/mol. The summed E-state index contributed by atoms with van der Waals surface area (Å²) in [5, 5.41) is 4.23. The van der Waals surface area contributed by atoms with Gasteiger partial charge in [-0.2, -0.15) is 0 Å². The zero-order chi connectivity index (χ0) is 17.4. The van der Waals surface area contributed by atoms with Gasteiger partial charge in [0.25, 0.3) is 0 Å². The molecule has 0 unspecified atom stereocenters. The molecule has 0 atom stereocenters. The molecule has 24 heavy (non-hydrogen) atoms. The minimum Gasteiger partial charge on any atom is -0.493 e. The van der Waals surface area contributed by atoms with Gasteiger partial charge in [0.1, 0.15) is 12.1 Å². The lowest BCUT2D eigenvalue weighted by atomic mass is 10.2. The minimum absolute atomic E-state index is 0.660. The van der Waals surface area contributed by atoms with Crippen LogP contribution >= 0.6 is 0 Å². The van der Waals surface area contributed by atoms with Crippen molar-refractivity contribution < 1.29 is 9.47 Å². The molecule has 0 bridgehead atoms. The van der Waals surface area contributed by atoms with Gasteiger partial charge in [-0.25, -0.2) is 9.97 Å². The maximum atomic E-state index is 5.87. The van der Waals surface area contributed by atoms with Gasteiger partial charge in [-0.15, -0.1) is 0 Å². The molecule has 128 valence electrons. The van der Waals surface area contributed by atoms with E-state index in [1.165, 1.54) is 0 Å². The molecule has 0 saturated carbocycles. The molecule has 0 amide bonds. The van der Waals surface area contributed by atoms with Crippen molar-refractivity contribution in [1.29, 1.82) is 0 Å². The highest BCUT2D eigenvalue weighted by Gasteiger charge is 2.11. The number of fused-ring (bicyclic) bond motifs is 1. The Kier molecular flexibility index (Phi) is 6.61. The highest BCUT2D eigenvalue weighted by atomic mass is 16.5. The molecule has 0 saturated heterocycles. The maximum Gasteiger partial charge on any atom is 0.162 e. The molecule has 0 fully saturated rings. The molecule has 0 aliphatic rings. The van der Waals surface area contributed by atoms with Crippen LogP contribution in [-0.2, 0) is 0 Å². The molecular formula is C19H25N3O2. The number of nitrogens with zero attached hydrogens (tertiary/aromatic N) is 2. The summed E-state index contributed by atoms with van der Waals surface area (Å²) in [5.74, 6) is 2.14. The third-order valence-electron chi connectivity index (χ3n) is 3.60. The van der Waals surface area contributed by atoms with Crippen LogP contribution < -0.4 is 14.8 Å². The number of methoxy groups -OCH3 is 1. The van der Waals surface area contributed by atoms with Crippen LogP contribution in [0.2, 0.25) is 0 Å². The highest BCUT2D eigenvalue weighted by Crippen LogP contribution is 2.34. The second-order valence-corrected chi connectivity index (χ2v) is 5.31. The van der Waals surface area contributed by atoms with Gasteiger partial charge in [0.05, 0.1) is 19.2 Å². The summed E-state index contributed by atoms with van der Waals surface area (Å²) < 4.78 is 11.3. The molecule has 0 aliphatic carbocycles. The van der Waals surface area contributed by atoms with Crippen molar-refractivity contribution in [3.63, 3.8) is 0 Å². The quantitative estimate of drug-likeness (QED) is 0.562. The molecule has 0 radical (unpaired) electrons. The third kappa shape index (κ3) is 4.25. The van der Waals surface area contributed by atoms with E-state index in [0.717, 1.165) is 35.3 Å². The number of anilines is 1. The number of unbranched alkanes of at least 4 members (excludes halogenated alkanes) is 1. The van der Waals surface area contributed by atoms with Gasteiger partial charge in [0.2, 0.25) is 0 Å². The highest BCUT2D eigenvalue weighted by molar-refractivity contribution is 5.92. The van der Waals surface area contributed by atoms with Crippen LogP contribution in [0.25, 0.3) is 10.9 Å². The van der Waals surface area contributed by atoms with Crippen LogP contribution in [0.4, 0.5) is 5.82 Å². The number of allylic oxidation sites excluding steroid dienone is 3. The van der Waals surface area contributed by atoms with E-state index in [4.69, 9.17) is 9.47 Å². The van der Waals surface area contributed by atoms with Gasteiger partial charge < -0.3 is 14.8 Å². The van der Waals surface area contributed by atoms with Crippen molar-refractivity contribution in [3.8, 4) is 11.5 Å². The summed E-state index contributed by atoms with van der Waals surface area (Å²) in [6.07, 6.45) is 9.60. The van der Waals surface area contributed by atoms with E-state index in [9.17, 15) is 0 Å². The normalized spacial score (nSPS) is 11.9. The van der Waals surface area contributed by atoms with Crippen LogP contribution in [-0.4, -0.2) is 23.7 Å². The molecule has 1 heterocycles. The van der Waals surface area contributed by atoms with Gasteiger partial charge in [-0.3, -0.25) is 0 Å². The number of aromatic nitrogens is 2. The zero-order valence-corrected chi connectivity index (χ0v) is 14.8. The van der Waals surface area contributed by atoms with Crippen LogP contribution in [0, 0.1) is 0 Å². The fourth-order valence-electron chi connectivity index (χ4n) is 2.29. The van der Waals surface area contributed by atoms with Crippen molar-refractivity contribution in [2.75, 3.05) is 19.0 Å². The first-order valence-electron chi connectivity index (χ1n) is 8.25. The monoisotopic (exact) mass is 327 g/mol. The van der Waals surface area contributed by atoms with E-state index in [2.05, 4.69) is 22.2 Å². The third-order valence-corrected chi connectivity index (χ3v) is 3.60. The number of hydrogen-bond donors (Lipinski definition) is 1. The number of hydrogen-bond acceptors (Lipinski definition) is 5. The van der Waals surface area contributed by atoms with Gasteiger partial charge >= 0.3 is 0 Å². The number of ether oxygens (including phenoxy) is 2. The van der Waals surface area contributed by atoms with E-state index in [-0.39, 0.29) is 0 Å². The van der Waals surface area contributed by atoms with E-state index >= 15 is 0 Å². The Morgan fingerprint density at radius 1 is 1.21 bits per heavy atom. The van der Waals surface area contributed by atoms with Gasteiger partial charge in [0, 0.05) is 17.1 Å². The standard InChI is InChI=1S/C19H25N3O2/c1-5-8-10-24-18-11-15-16(12-17(18)23-4)20-13-21-19(15)22-14(7-3)9-6-2/h6-7,9,11-13H,5,8,10H2,1-4H3,(H,20,21,22)/b9-6-,14-7+. The Balaban J connectivity index is 2.43. The molecule has 2 rings (SSSR count). The largest absolute Gasteiger partial charge is 0.493 e. The molecule has 5 nitrogen and oxygen atoms in total.